The van der Waals surface area contributed by atoms with Gasteiger partial charge in [-0.05, 0) is 56.5 Å². The van der Waals surface area contributed by atoms with Gasteiger partial charge in [0.1, 0.15) is 11.0 Å². The number of methoxy groups -OCH3 is 2. The van der Waals surface area contributed by atoms with Crippen molar-refractivity contribution in [3.05, 3.63) is 64.8 Å². The molecule has 8 nitrogen and oxygen atoms in total. The van der Waals surface area contributed by atoms with E-state index in [-0.39, 0.29) is 23.3 Å². The number of aryl methyl sites for hydroxylation is 1. The number of carbonyl (C=O) groups excluding carboxylic acids is 2. The summed E-state index contributed by atoms with van der Waals surface area (Å²) < 4.78 is 38.9. The number of benzene rings is 2. The molecule has 0 aliphatic heterocycles. The Labute approximate surface area is 197 Å². The Balaban J connectivity index is 1.86. The molecule has 2 aliphatic carbocycles. The van der Waals surface area contributed by atoms with E-state index in [1.54, 1.807) is 18.2 Å². The second-order valence-electron chi connectivity index (χ2n) is 9.09. The Morgan fingerprint density at radius 3 is 2.38 bits per heavy atom. The molecule has 1 N–H and O–H groups in total. The van der Waals surface area contributed by atoms with Crippen LogP contribution >= 0.6 is 0 Å². The lowest BCUT2D eigenvalue weighted by molar-refractivity contribution is -0.167. The number of ether oxygens (including phenoxy) is 2. The molecule has 2 atom stereocenters. The summed E-state index contributed by atoms with van der Waals surface area (Å²) in [7, 11) is -1.55. The van der Waals surface area contributed by atoms with E-state index >= 15 is 0 Å². The number of carbonyl (C=O) groups is 2. The highest BCUT2D eigenvalue weighted by atomic mass is 32.2. The molecule has 1 saturated carbocycles. The average molecular weight is 484 g/mol. The predicted molar refractivity (Wildman–Crippen MR) is 123 cm³/mol. The molecular weight excluding hydrogens is 458 g/mol. The minimum absolute atomic E-state index is 0.0127. The number of aliphatic hydroxyl groups is 1. The predicted octanol–water partition coefficient (Wildman–Crippen LogP) is 3.06. The van der Waals surface area contributed by atoms with Crippen molar-refractivity contribution in [1.82, 2.24) is 3.97 Å². The SMILES string of the molecule is COC(=O)c1ccc2c(c1)c1c(n2S(=O)(=O)c2ccc(C)cc2)C[C@@]2(C(=O)OC)CCC[C@@]12O. The van der Waals surface area contributed by atoms with Crippen molar-refractivity contribution in [2.75, 3.05) is 14.2 Å². The van der Waals surface area contributed by atoms with Gasteiger partial charge in [0.2, 0.25) is 0 Å². The van der Waals surface area contributed by atoms with Crippen LogP contribution in [0.4, 0.5) is 0 Å². The lowest BCUT2D eigenvalue weighted by Crippen LogP contribution is -2.45. The number of esters is 2. The summed E-state index contributed by atoms with van der Waals surface area (Å²) in [4.78, 5) is 25.3. The van der Waals surface area contributed by atoms with Gasteiger partial charge in [-0.3, -0.25) is 4.79 Å². The van der Waals surface area contributed by atoms with E-state index in [0.29, 0.717) is 35.0 Å². The van der Waals surface area contributed by atoms with E-state index in [9.17, 15) is 23.1 Å². The largest absolute Gasteiger partial charge is 0.468 e. The minimum Gasteiger partial charge on any atom is -0.468 e. The number of aromatic nitrogens is 1. The Bertz CT molecular complexity index is 1450. The molecule has 1 fully saturated rings. The minimum atomic E-state index is -4.08. The molecule has 2 aromatic carbocycles. The third kappa shape index (κ3) is 2.77. The average Bonchev–Trinajstić information content (AvgIpc) is 3.40. The first-order chi connectivity index (χ1) is 16.1. The molecule has 0 spiro atoms. The van der Waals surface area contributed by atoms with Crippen LogP contribution in [-0.2, 0) is 36.3 Å². The van der Waals surface area contributed by atoms with Crippen molar-refractivity contribution in [3.63, 3.8) is 0 Å². The van der Waals surface area contributed by atoms with Crippen LogP contribution in [0.15, 0.2) is 47.4 Å². The molecule has 0 amide bonds. The molecule has 0 saturated heterocycles. The second-order valence-corrected chi connectivity index (χ2v) is 10.9. The monoisotopic (exact) mass is 483 g/mol. The van der Waals surface area contributed by atoms with E-state index in [1.807, 2.05) is 6.92 Å². The smallest absolute Gasteiger partial charge is 0.337 e. The van der Waals surface area contributed by atoms with Gasteiger partial charge in [-0.1, -0.05) is 17.7 Å². The highest BCUT2D eigenvalue weighted by Gasteiger charge is 2.67. The zero-order valence-electron chi connectivity index (χ0n) is 19.1. The van der Waals surface area contributed by atoms with Gasteiger partial charge in [-0.15, -0.1) is 0 Å². The van der Waals surface area contributed by atoms with Gasteiger partial charge < -0.3 is 14.6 Å². The highest BCUT2D eigenvalue weighted by Crippen LogP contribution is 2.63. The molecule has 1 aromatic heterocycles. The normalized spacial score (nSPS) is 23.5. The fraction of sp³-hybridized carbons (Fsp3) is 0.360. The van der Waals surface area contributed by atoms with Crippen LogP contribution in [0.5, 0.6) is 0 Å². The van der Waals surface area contributed by atoms with Crippen LogP contribution in [0.1, 0.15) is 46.4 Å². The Morgan fingerprint density at radius 1 is 1.03 bits per heavy atom. The molecule has 0 unspecified atom stereocenters. The van der Waals surface area contributed by atoms with Crippen molar-refractivity contribution in [1.29, 1.82) is 0 Å². The van der Waals surface area contributed by atoms with Crippen LogP contribution in [0.3, 0.4) is 0 Å². The molecular formula is C25H25NO7S. The van der Waals surface area contributed by atoms with Crippen molar-refractivity contribution < 1.29 is 32.6 Å². The van der Waals surface area contributed by atoms with Crippen molar-refractivity contribution in [3.8, 4) is 0 Å². The van der Waals surface area contributed by atoms with Crippen LogP contribution in [0, 0.1) is 12.3 Å². The summed E-state index contributed by atoms with van der Waals surface area (Å²) in [6.07, 6.45) is 1.24. The van der Waals surface area contributed by atoms with Gasteiger partial charge in [0.25, 0.3) is 10.0 Å². The molecule has 0 bridgehead atoms. The van der Waals surface area contributed by atoms with E-state index in [1.165, 1.54) is 42.5 Å². The molecule has 2 aliphatic rings. The summed E-state index contributed by atoms with van der Waals surface area (Å²) >= 11 is 0. The summed E-state index contributed by atoms with van der Waals surface area (Å²) in [6.45, 7) is 1.87. The third-order valence-electron chi connectivity index (χ3n) is 7.39. The maximum absolute atomic E-state index is 13.9. The maximum Gasteiger partial charge on any atom is 0.337 e. The zero-order chi connectivity index (χ0) is 24.5. The van der Waals surface area contributed by atoms with Gasteiger partial charge >= 0.3 is 11.9 Å². The molecule has 34 heavy (non-hydrogen) atoms. The lowest BCUT2D eigenvalue weighted by atomic mass is 9.74. The zero-order valence-corrected chi connectivity index (χ0v) is 19.9. The number of hydrogen-bond acceptors (Lipinski definition) is 7. The van der Waals surface area contributed by atoms with Crippen LogP contribution < -0.4 is 0 Å². The van der Waals surface area contributed by atoms with Gasteiger partial charge in [-0.2, -0.15) is 0 Å². The topological polar surface area (TPSA) is 112 Å². The molecule has 9 heteroatoms. The Hall–Kier alpha value is -3.17. The van der Waals surface area contributed by atoms with Crippen LogP contribution in [-0.4, -0.2) is 43.7 Å². The Kier molecular flexibility index (Phi) is 4.93. The van der Waals surface area contributed by atoms with Crippen molar-refractivity contribution >= 4 is 32.9 Å². The fourth-order valence-electron chi connectivity index (χ4n) is 5.79. The maximum atomic E-state index is 13.9. The van der Waals surface area contributed by atoms with Gasteiger partial charge in [-0.25, -0.2) is 17.2 Å². The lowest BCUT2D eigenvalue weighted by Gasteiger charge is -2.34. The number of rotatable bonds is 4. The summed E-state index contributed by atoms with van der Waals surface area (Å²) in [5.74, 6) is -1.15. The van der Waals surface area contributed by atoms with Gasteiger partial charge in [0.05, 0.1) is 30.2 Å². The molecule has 0 radical (unpaired) electrons. The van der Waals surface area contributed by atoms with E-state index < -0.39 is 33.0 Å². The Morgan fingerprint density at radius 2 is 1.74 bits per heavy atom. The number of hydrogen-bond donors (Lipinski definition) is 1. The first-order valence-corrected chi connectivity index (χ1v) is 12.4. The fourth-order valence-corrected chi connectivity index (χ4v) is 7.34. The first kappa shape index (κ1) is 22.6. The first-order valence-electron chi connectivity index (χ1n) is 11.0. The van der Waals surface area contributed by atoms with E-state index in [2.05, 4.69) is 0 Å². The molecule has 3 aromatic rings. The highest BCUT2D eigenvalue weighted by molar-refractivity contribution is 7.90. The van der Waals surface area contributed by atoms with Crippen molar-refractivity contribution in [2.24, 2.45) is 5.41 Å². The third-order valence-corrected chi connectivity index (χ3v) is 9.16. The number of nitrogens with zero attached hydrogens (tertiary/aromatic N) is 1. The molecule has 5 rings (SSSR count). The molecule has 178 valence electrons. The second kappa shape index (κ2) is 7.41. The van der Waals surface area contributed by atoms with Crippen molar-refractivity contribution in [2.45, 2.75) is 43.1 Å². The van der Waals surface area contributed by atoms with Gasteiger partial charge in [0.15, 0.2) is 0 Å². The summed E-state index contributed by atoms with van der Waals surface area (Å²) in [5, 5.41) is 12.4. The van der Waals surface area contributed by atoms with Crippen LogP contribution in [0.2, 0.25) is 0 Å². The summed E-state index contributed by atoms with van der Waals surface area (Å²) in [6, 6.07) is 11.1. The number of fused-ring (bicyclic) bond motifs is 5. The quantitative estimate of drug-likeness (QED) is 0.568. The summed E-state index contributed by atoms with van der Waals surface area (Å²) in [5.41, 5.74) is -0.727. The molecule has 1 heterocycles. The van der Waals surface area contributed by atoms with E-state index in [0.717, 1.165) is 5.56 Å². The standard InChI is InChI=1S/C25H25NO7S/c1-15-5-8-17(9-6-15)34(30,31)26-19-10-7-16(22(27)32-2)13-18(19)21-20(26)14-24(23(28)33-3)11-4-12-25(21,24)29/h5-10,13,29H,4,11-12,14H2,1-3H3/t24-,25-/m1/s1. The van der Waals surface area contributed by atoms with Crippen LogP contribution in [0.25, 0.3) is 10.9 Å². The van der Waals surface area contributed by atoms with E-state index in [4.69, 9.17) is 9.47 Å². The van der Waals surface area contributed by atoms with Gasteiger partial charge in [0, 0.05) is 23.1 Å².